The standard InChI is InChI=1S/C12H17NO2/c1-5-15-12(13-14)11-9(3)6-8(2)7-10(11)4/h6-7,14H,5H2,1-4H3. The fraction of sp³-hybridized carbons (Fsp3) is 0.417. The van der Waals surface area contributed by atoms with Crippen LogP contribution in [-0.4, -0.2) is 17.7 Å². The number of nitrogens with zero attached hydrogens (tertiary/aromatic N) is 1. The van der Waals surface area contributed by atoms with Crippen LogP contribution in [0.4, 0.5) is 0 Å². The minimum Gasteiger partial charge on any atom is -0.475 e. The highest BCUT2D eigenvalue weighted by atomic mass is 16.5. The Morgan fingerprint density at radius 3 is 2.20 bits per heavy atom. The van der Waals surface area contributed by atoms with Crippen LogP contribution >= 0.6 is 0 Å². The van der Waals surface area contributed by atoms with E-state index in [4.69, 9.17) is 9.94 Å². The van der Waals surface area contributed by atoms with Gasteiger partial charge in [-0.1, -0.05) is 17.7 Å². The molecule has 0 amide bonds. The van der Waals surface area contributed by atoms with Crippen molar-refractivity contribution in [1.82, 2.24) is 0 Å². The van der Waals surface area contributed by atoms with Crippen LogP contribution in [0.25, 0.3) is 0 Å². The molecule has 0 heterocycles. The summed E-state index contributed by atoms with van der Waals surface area (Å²) in [5.41, 5.74) is 4.20. The molecule has 0 aliphatic carbocycles. The van der Waals surface area contributed by atoms with Gasteiger partial charge in [0.1, 0.15) is 0 Å². The van der Waals surface area contributed by atoms with E-state index in [2.05, 4.69) is 5.16 Å². The van der Waals surface area contributed by atoms with Crippen LogP contribution in [0.5, 0.6) is 0 Å². The Morgan fingerprint density at radius 1 is 1.27 bits per heavy atom. The minimum absolute atomic E-state index is 0.299. The lowest BCUT2D eigenvalue weighted by molar-refractivity contribution is 0.265. The maximum atomic E-state index is 8.89. The molecule has 1 aromatic rings. The average Bonchev–Trinajstić information content (AvgIpc) is 2.14. The van der Waals surface area contributed by atoms with E-state index in [1.165, 1.54) is 5.56 Å². The van der Waals surface area contributed by atoms with Crippen molar-refractivity contribution in [3.63, 3.8) is 0 Å². The molecule has 0 saturated heterocycles. The van der Waals surface area contributed by atoms with Gasteiger partial charge in [0.2, 0.25) is 0 Å². The average molecular weight is 207 g/mol. The summed E-state index contributed by atoms with van der Waals surface area (Å²) in [5, 5.41) is 12.1. The maximum Gasteiger partial charge on any atom is 0.257 e. The number of hydrogen-bond acceptors (Lipinski definition) is 3. The molecule has 1 rings (SSSR count). The van der Waals surface area contributed by atoms with Gasteiger partial charge in [-0.3, -0.25) is 0 Å². The first-order valence-electron chi connectivity index (χ1n) is 5.03. The number of oxime groups is 1. The van der Waals surface area contributed by atoms with E-state index in [0.29, 0.717) is 12.5 Å². The van der Waals surface area contributed by atoms with Gasteiger partial charge in [-0.25, -0.2) is 0 Å². The van der Waals surface area contributed by atoms with Crippen molar-refractivity contribution in [3.05, 3.63) is 34.4 Å². The van der Waals surface area contributed by atoms with Crippen LogP contribution in [0.3, 0.4) is 0 Å². The smallest absolute Gasteiger partial charge is 0.257 e. The van der Waals surface area contributed by atoms with Gasteiger partial charge < -0.3 is 9.94 Å². The molecule has 0 aliphatic heterocycles. The zero-order valence-electron chi connectivity index (χ0n) is 9.66. The third kappa shape index (κ3) is 2.49. The Hall–Kier alpha value is -1.51. The van der Waals surface area contributed by atoms with Gasteiger partial charge in [0.25, 0.3) is 5.90 Å². The molecule has 82 valence electrons. The summed E-state index contributed by atoms with van der Waals surface area (Å²) in [6, 6.07) is 4.10. The maximum absolute atomic E-state index is 8.89. The second-order valence-electron chi connectivity index (χ2n) is 3.61. The molecule has 0 fully saturated rings. The van der Waals surface area contributed by atoms with Gasteiger partial charge in [-0.2, -0.15) is 0 Å². The molecule has 0 radical (unpaired) electrons. The van der Waals surface area contributed by atoms with Gasteiger partial charge in [0.15, 0.2) is 0 Å². The summed E-state index contributed by atoms with van der Waals surface area (Å²) in [6.07, 6.45) is 0. The Morgan fingerprint density at radius 2 is 1.80 bits per heavy atom. The largest absolute Gasteiger partial charge is 0.475 e. The van der Waals surface area contributed by atoms with Crippen molar-refractivity contribution >= 4 is 5.90 Å². The lowest BCUT2D eigenvalue weighted by Gasteiger charge is -2.12. The molecule has 3 nitrogen and oxygen atoms in total. The van der Waals surface area contributed by atoms with Crippen LogP contribution in [0.2, 0.25) is 0 Å². The van der Waals surface area contributed by atoms with Crippen molar-refractivity contribution < 1.29 is 9.94 Å². The summed E-state index contributed by atoms with van der Waals surface area (Å²) < 4.78 is 5.28. The molecule has 0 spiro atoms. The second kappa shape index (κ2) is 4.82. The third-order valence-electron chi connectivity index (χ3n) is 2.26. The second-order valence-corrected chi connectivity index (χ2v) is 3.61. The van der Waals surface area contributed by atoms with Crippen LogP contribution in [0, 0.1) is 20.8 Å². The lowest BCUT2D eigenvalue weighted by atomic mass is 10.00. The van der Waals surface area contributed by atoms with E-state index in [-0.39, 0.29) is 0 Å². The van der Waals surface area contributed by atoms with Crippen molar-refractivity contribution in [3.8, 4) is 0 Å². The number of ether oxygens (including phenoxy) is 1. The van der Waals surface area contributed by atoms with Crippen molar-refractivity contribution in [1.29, 1.82) is 0 Å². The molecular weight excluding hydrogens is 190 g/mol. The van der Waals surface area contributed by atoms with Crippen LogP contribution < -0.4 is 0 Å². The number of aryl methyl sites for hydroxylation is 3. The topological polar surface area (TPSA) is 41.8 Å². The van der Waals surface area contributed by atoms with Gasteiger partial charge in [-0.05, 0) is 44.0 Å². The molecule has 0 saturated carbocycles. The van der Waals surface area contributed by atoms with Gasteiger partial charge in [0.05, 0.1) is 6.61 Å². The summed E-state index contributed by atoms with van der Waals surface area (Å²) in [6.45, 7) is 8.37. The molecule has 0 aromatic heterocycles. The molecule has 0 bridgehead atoms. The third-order valence-corrected chi connectivity index (χ3v) is 2.26. The lowest BCUT2D eigenvalue weighted by Crippen LogP contribution is -2.10. The predicted octanol–water partition coefficient (Wildman–Crippen LogP) is 2.78. The van der Waals surface area contributed by atoms with Crippen molar-refractivity contribution in [2.45, 2.75) is 27.7 Å². The van der Waals surface area contributed by atoms with E-state index in [9.17, 15) is 0 Å². The van der Waals surface area contributed by atoms with E-state index in [1.807, 2.05) is 39.8 Å². The Kier molecular flexibility index (Phi) is 3.72. The SMILES string of the molecule is CCOC(=NO)c1c(C)cc(C)cc1C. The molecule has 0 unspecified atom stereocenters. The summed E-state index contributed by atoms with van der Waals surface area (Å²) in [5.74, 6) is 0.299. The monoisotopic (exact) mass is 207 g/mol. The Balaban J connectivity index is 3.24. The zero-order chi connectivity index (χ0) is 11.4. The Labute approximate surface area is 90.4 Å². The first-order valence-corrected chi connectivity index (χ1v) is 5.03. The van der Waals surface area contributed by atoms with Crippen LogP contribution in [0.15, 0.2) is 17.3 Å². The first kappa shape index (κ1) is 11.6. The molecule has 1 N–H and O–H groups in total. The zero-order valence-corrected chi connectivity index (χ0v) is 9.66. The van der Waals surface area contributed by atoms with Crippen LogP contribution in [0.1, 0.15) is 29.2 Å². The highest BCUT2D eigenvalue weighted by Gasteiger charge is 2.12. The summed E-state index contributed by atoms with van der Waals surface area (Å²) in [7, 11) is 0. The van der Waals surface area contributed by atoms with E-state index in [1.54, 1.807) is 0 Å². The number of rotatable bonds is 2. The van der Waals surface area contributed by atoms with E-state index in [0.717, 1.165) is 16.7 Å². The van der Waals surface area contributed by atoms with Crippen molar-refractivity contribution in [2.24, 2.45) is 5.16 Å². The Bertz CT molecular complexity index is 360. The number of benzene rings is 1. The molecule has 0 aliphatic rings. The highest BCUT2D eigenvalue weighted by molar-refractivity contribution is 5.96. The van der Waals surface area contributed by atoms with Gasteiger partial charge in [0, 0.05) is 5.56 Å². The molecular formula is C12H17NO2. The van der Waals surface area contributed by atoms with E-state index < -0.39 is 0 Å². The fourth-order valence-corrected chi connectivity index (χ4v) is 1.81. The quantitative estimate of drug-likeness (QED) is 0.350. The molecule has 3 heteroatoms. The molecule has 1 aromatic carbocycles. The number of hydrogen-bond donors (Lipinski definition) is 1. The van der Waals surface area contributed by atoms with Crippen LogP contribution in [-0.2, 0) is 4.74 Å². The highest BCUT2D eigenvalue weighted by Crippen LogP contribution is 2.17. The minimum atomic E-state index is 0.299. The normalized spacial score (nSPS) is 11.6. The summed E-state index contributed by atoms with van der Waals surface area (Å²) >= 11 is 0. The first-order chi connectivity index (χ1) is 7.10. The predicted molar refractivity (Wildman–Crippen MR) is 60.6 cm³/mol. The molecule has 15 heavy (non-hydrogen) atoms. The molecule has 0 atom stereocenters. The summed E-state index contributed by atoms with van der Waals surface area (Å²) in [4.78, 5) is 0. The van der Waals surface area contributed by atoms with E-state index >= 15 is 0 Å². The van der Waals surface area contributed by atoms with Gasteiger partial charge >= 0.3 is 0 Å². The fourth-order valence-electron chi connectivity index (χ4n) is 1.81. The van der Waals surface area contributed by atoms with Crippen molar-refractivity contribution in [2.75, 3.05) is 6.61 Å². The van der Waals surface area contributed by atoms with Gasteiger partial charge in [-0.15, -0.1) is 0 Å².